The number of nitrogens with zero attached hydrogens (tertiary/aromatic N) is 1. The first-order chi connectivity index (χ1) is 11.0. The summed E-state index contributed by atoms with van der Waals surface area (Å²) < 4.78 is 30.7. The van der Waals surface area contributed by atoms with Gasteiger partial charge in [-0.05, 0) is 45.4 Å². The van der Waals surface area contributed by atoms with Crippen molar-refractivity contribution in [3.05, 3.63) is 29.8 Å². The number of primary amides is 1. The average molecular weight is 354 g/mol. The molecule has 0 aliphatic carbocycles. The summed E-state index contributed by atoms with van der Waals surface area (Å²) in [6.07, 6.45) is -0.200. The van der Waals surface area contributed by atoms with Crippen molar-refractivity contribution in [2.75, 3.05) is 13.1 Å². The molecule has 1 unspecified atom stereocenters. The summed E-state index contributed by atoms with van der Waals surface area (Å²) in [5.74, 6) is -0.686. The zero-order valence-corrected chi connectivity index (χ0v) is 14.8. The molecule has 24 heavy (non-hydrogen) atoms. The Bertz CT molecular complexity index is 752. The van der Waals surface area contributed by atoms with Crippen LogP contribution >= 0.6 is 0 Å². The molecule has 0 bridgehead atoms. The molecule has 1 aromatic rings. The highest BCUT2D eigenvalue weighted by Crippen LogP contribution is 2.25. The van der Waals surface area contributed by atoms with Gasteiger partial charge in [0, 0.05) is 18.7 Å². The van der Waals surface area contributed by atoms with Crippen LogP contribution in [0.4, 0.5) is 4.79 Å². The van der Waals surface area contributed by atoms with Crippen molar-refractivity contribution in [2.45, 2.75) is 42.9 Å². The van der Waals surface area contributed by atoms with Gasteiger partial charge in [-0.25, -0.2) is 13.2 Å². The largest absolute Gasteiger partial charge is 0.444 e. The molecule has 132 valence electrons. The van der Waals surface area contributed by atoms with Crippen molar-refractivity contribution in [1.29, 1.82) is 0 Å². The van der Waals surface area contributed by atoms with E-state index in [0.717, 1.165) is 0 Å². The standard InChI is InChI=1S/C16H22N2O5S/c1-16(2,3)23-15(20)18-8-7-13(10-18)24(21,22)12-6-4-5-11(9-12)14(17)19/h4-6,9,13H,7-8,10H2,1-3H3,(H2,17,19). The zero-order valence-electron chi connectivity index (χ0n) is 14.0. The number of benzene rings is 1. The van der Waals surface area contributed by atoms with Crippen molar-refractivity contribution in [2.24, 2.45) is 5.73 Å². The molecule has 1 atom stereocenters. The third-order valence-corrected chi connectivity index (χ3v) is 5.86. The molecule has 1 aromatic carbocycles. The third kappa shape index (κ3) is 4.05. The van der Waals surface area contributed by atoms with Gasteiger partial charge in [0.2, 0.25) is 5.91 Å². The number of hydrogen-bond acceptors (Lipinski definition) is 5. The third-order valence-electron chi connectivity index (χ3n) is 3.68. The average Bonchev–Trinajstić information content (AvgIpc) is 2.96. The van der Waals surface area contributed by atoms with Crippen molar-refractivity contribution < 1.29 is 22.7 Å². The number of amides is 2. The van der Waals surface area contributed by atoms with Crippen LogP contribution in [0.25, 0.3) is 0 Å². The Morgan fingerprint density at radius 3 is 2.54 bits per heavy atom. The van der Waals surface area contributed by atoms with E-state index in [1.165, 1.54) is 29.2 Å². The Labute approximate surface area is 141 Å². The van der Waals surface area contributed by atoms with Gasteiger partial charge in [-0.2, -0.15) is 0 Å². The Kier molecular flexibility index (Phi) is 4.89. The van der Waals surface area contributed by atoms with E-state index in [4.69, 9.17) is 10.5 Å². The van der Waals surface area contributed by atoms with E-state index in [0.29, 0.717) is 13.0 Å². The van der Waals surface area contributed by atoms with Crippen molar-refractivity contribution in [1.82, 2.24) is 4.90 Å². The highest BCUT2D eigenvalue weighted by atomic mass is 32.2. The van der Waals surface area contributed by atoms with Gasteiger partial charge in [0.15, 0.2) is 9.84 Å². The Hall–Kier alpha value is -2.09. The van der Waals surface area contributed by atoms with Crippen LogP contribution in [-0.4, -0.2) is 49.3 Å². The molecular formula is C16H22N2O5S. The highest BCUT2D eigenvalue weighted by molar-refractivity contribution is 7.92. The summed E-state index contributed by atoms with van der Waals surface area (Å²) in [7, 11) is -3.66. The zero-order chi connectivity index (χ0) is 18.1. The summed E-state index contributed by atoms with van der Waals surface area (Å²) in [6, 6.07) is 5.64. The van der Waals surface area contributed by atoms with E-state index < -0.39 is 32.7 Å². The minimum atomic E-state index is -3.66. The molecular weight excluding hydrogens is 332 g/mol. The van der Waals surface area contributed by atoms with Crippen LogP contribution in [-0.2, 0) is 14.6 Å². The summed E-state index contributed by atoms with van der Waals surface area (Å²) in [5, 5.41) is -0.729. The first-order valence-corrected chi connectivity index (χ1v) is 9.17. The van der Waals surface area contributed by atoms with E-state index in [1.807, 2.05) is 0 Å². The lowest BCUT2D eigenvalue weighted by Gasteiger charge is -2.24. The molecule has 1 aliphatic rings. The molecule has 7 nitrogen and oxygen atoms in total. The number of sulfone groups is 1. The second kappa shape index (κ2) is 6.43. The summed E-state index contributed by atoms with van der Waals surface area (Å²) in [5.41, 5.74) is 4.70. The summed E-state index contributed by atoms with van der Waals surface area (Å²) in [6.45, 7) is 5.64. The number of likely N-dealkylation sites (tertiary alicyclic amines) is 1. The minimum absolute atomic E-state index is 0.0369. The van der Waals surface area contributed by atoms with Crippen molar-refractivity contribution in [3.8, 4) is 0 Å². The van der Waals surface area contributed by atoms with E-state index >= 15 is 0 Å². The number of rotatable bonds is 3. The number of carbonyl (C=O) groups is 2. The smallest absolute Gasteiger partial charge is 0.410 e. The molecule has 8 heteroatoms. The first kappa shape index (κ1) is 18.3. The van der Waals surface area contributed by atoms with Gasteiger partial charge in [0.05, 0.1) is 10.1 Å². The van der Waals surface area contributed by atoms with Gasteiger partial charge < -0.3 is 15.4 Å². The second-order valence-electron chi connectivity index (χ2n) is 6.77. The number of nitrogens with two attached hydrogens (primary N) is 1. The van der Waals surface area contributed by atoms with Crippen LogP contribution in [0, 0.1) is 0 Å². The van der Waals surface area contributed by atoms with Crippen LogP contribution in [0.3, 0.4) is 0 Å². The molecule has 1 saturated heterocycles. The molecule has 1 aliphatic heterocycles. The predicted molar refractivity (Wildman–Crippen MR) is 88.4 cm³/mol. The molecule has 1 fully saturated rings. The quantitative estimate of drug-likeness (QED) is 0.886. The molecule has 0 saturated carbocycles. The van der Waals surface area contributed by atoms with Gasteiger partial charge in [0.1, 0.15) is 5.60 Å². The van der Waals surface area contributed by atoms with E-state index in [-0.39, 0.29) is 17.0 Å². The summed E-state index contributed by atoms with van der Waals surface area (Å²) >= 11 is 0. The lowest BCUT2D eigenvalue weighted by Crippen LogP contribution is -2.36. The van der Waals surface area contributed by atoms with Gasteiger partial charge in [-0.15, -0.1) is 0 Å². The number of hydrogen-bond donors (Lipinski definition) is 1. The van der Waals surface area contributed by atoms with Crippen molar-refractivity contribution >= 4 is 21.8 Å². The molecule has 2 rings (SSSR count). The Morgan fingerprint density at radius 1 is 1.29 bits per heavy atom. The molecule has 0 spiro atoms. The fourth-order valence-corrected chi connectivity index (χ4v) is 4.23. The van der Waals surface area contributed by atoms with Gasteiger partial charge in [0.25, 0.3) is 0 Å². The van der Waals surface area contributed by atoms with Gasteiger partial charge in [-0.3, -0.25) is 4.79 Å². The molecule has 1 heterocycles. The maximum absolute atomic E-state index is 12.7. The van der Waals surface area contributed by atoms with E-state index in [9.17, 15) is 18.0 Å². The normalized spacial score (nSPS) is 18.5. The molecule has 0 aromatic heterocycles. The second-order valence-corrected chi connectivity index (χ2v) is 9.00. The van der Waals surface area contributed by atoms with Gasteiger partial charge in [-0.1, -0.05) is 6.07 Å². The van der Waals surface area contributed by atoms with Crippen LogP contribution in [0.1, 0.15) is 37.6 Å². The topological polar surface area (TPSA) is 107 Å². The Morgan fingerprint density at radius 2 is 1.96 bits per heavy atom. The van der Waals surface area contributed by atoms with Crippen LogP contribution in [0.5, 0.6) is 0 Å². The number of carbonyl (C=O) groups excluding carboxylic acids is 2. The maximum Gasteiger partial charge on any atom is 0.410 e. The van der Waals surface area contributed by atoms with Crippen LogP contribution in [0.2, 0.25) is 0 Å². The molecule has 2 amide bonds. The fraction of sp³-hybridized carbons (Fsp3) is 0.500. The van der Waals surface area contributed by atoms with Crippen LogP contribution < -0.4 is 5.73 Å². The maximum atomic E-state index is 12.7. The van der Waals surface area contributed by atoms with Crippen LogP contribution in [0.15, 0.2) is 29.2 Å². The lowest BCUT2D eigenvalue weighted by atomic mass is 10.2. The monoisotopic (exact) mass is 354 g/mol. The SMILES string of the molecule is CC(C)(C)OC(=O)N1CCC(S(=O)(=O)c2cccc(C(N)=O)c2)C1. The van der Waals surface area contributed by atoms with Crippen molar-refractivity contribution in [3.63, 3.8) is 0 Å². The van der Waals surface area contributed by atoms with E-state index in [2.05, 4.69) is 0 Å². The summed E-state index contributed by atoms with van der Waals surface area (Å²) in [4.78, 5) is 24.7. The van der Waals surface area contributed by atoms with Gasteiger partial charge >= 0.3 is 6.09 Å². The lowest BCUT2D eigenvalue weighted by molar-refractivity contribution is 0.0295. The molecule has 0 radical (unpaired) electrons. The minimum Gasteiger partial charge on any atom is -0.444 e. The highest BCUT2D eigenvalue weighted by Gasteiger charge is 2.37. The Balaban J connectivity index is 2.16. The molecule has 2 N–H and O–H groups in total. The predicted octanol–water partition coefficient (Wildman–Crippen LogP) is 1.57. The first-order valence-electron chi connectivity index (χ1n) is 7.62. The van der Waals surface area contributed by atoms with E-state index in [1.54, 1.807) is 20.8 Å². The number of ether oxygens (including phenoxy) is 1. The fourth-order valence-electron chi connectivity index (χ4n) is 2.49.